The van der Waals surface area contributed by atoms with Crippen molar-refractivity contribution in [1.29, 1.82) is 5.26 Å². The molecule has 6 nitrogen and oxygen atoms in total. The number of fused-ring (bicyclic) bond motifs is 1. The van der Waals surface area contributed by atoms with Gasteiger partial charge in [0.1, 0.15) is 17.1 Å². The van der Waals surface area contributed by atoms with Crippen LogP contribution in [0.5, 0.6) is 0 Å². The summed E-state index contributed by atoms with van der Waals surface area (Å²) in [4.78, 5) is 22.4. The van der Waals surface area contributed by atoms with Crippen molar-refractivity contribution in [3.8, 4) is 6.07 Å². The van der Waals surface area contributed by atoms with Crippen molar-refractivity contribution in [2.45, 2.75) is 6.04 Å². The summed E-state index contributed by atoms with van der Waals surface area (Å²) < 4.78 is 1.51. The number of hydrogen-bond acceptors (Lipinski definition) is 5. The monoisotopic (exact) mass is 461 g/mol. The van der Waals surface area contributed by atoms with E-state index in [0.29, 0.717) is 35.5 Å². The third-order valence-electron chi connectivity index (χ3n) is 6.78. The van der Waals surface area contributed by atoms with Crippen LogP contribution in [0.2, 0.25) is 0 Å². The molecule has 5 rings (SSSR count). The SMILES string of the molecule is C=Cc1ccc2c(n1)c(N1CCN(C(c3ccccc3)c3ccccc3)CC1)c(C#N)c(=O)n2C. The van der Waals surface area contributed by atoms with Gasteiger partial charge in [-0.25, -0.2) is 4.98 Å². The molecule has 6 heteroatoms. The van der Waals surface area contributed by atoms with Gasteiger partial charge in [0.15, 0.2) is 0 Å². The number of benzene rings is 2. The second kappa shape index (κ2) is 9.57. The number of nitrogens with zero attached hydrogens (tertiary/aromatic N) is 5. The first-order chi connectivity index (χ1) is 17.1. The lowest BCUT2D eigenvalue weighted by Crippen LogP contribution is -2.48. The van der Waals surface area contributed by atoms with Gasteiger partial charge in [0.25, 0.3) is 5.56 Å². The fraction of sp³-hybridized carbons (Fsp3) is 0.207. The van der Waals surface area contributed by atoms with Crippen molar-refractivity contribution in [2.75, 3.05) is 31.1 Å². The number of pyridine rings is 2. The molecule has 4 aromatic rings. The first-order valence-corrected chi connectivity index (χ1v) is 11.8. The van der Waals surface area contributed by atoms with Crippen molar-refractivity contribution in [1.82, 2.24) is 14.5 Å². The van der Waals surface area contributed by atoms with Gasteiger partial charge in [0, 0.05) is 33.2 Å². The Balaban J connectivity index is 1.52. The third-order valence-corrected chi connectivity index (χ3v) is 6.78. The van der Waals surface area contributed by atoms with E-state index in [2.05, 4.69) is 71.0 Å². The molecular weight excluding hydrogens is 434 g/mol. The number of rotatable bonds is 5. The second-order valence-electron chi connectivity index (χ2n) is 8.75. The predicted octanol–water partition coefficient (Wildman–Crippen LogP) is 4.36. The molecule has 3 heterocycles. The van der Waals surface area contributed by atoms with Crippen LogP contribution in [0, 0.1) is 11.3 Å². The van der Waals surface area contributed by atoms with Crippen LogP contribution in [0.25, 0.3) is 17.1 Å². The molecule has 0 saturated carbocycles. The lowest BCUT2D eigenvalue weighted by Gasteiger charge is -2.41. The molecule has 174 valence electrons. The van der Waals surface area contributed by atoms with Crippen molar-refractivity contribution in [3.05, 3.63) is 112 Å². The van der Waals surface area contributed by atoms with Gasteiger partial charge in [0.2, 0.25) is 0 Å². The van der Waals surface area contributed by atoms with Gasteiger partial charge in [-0.15, -0.1) is 0 Å². The Morgan fingerprint density at radius 3 is 2.09 bits per heavy atom. The highest BCUT2D eigenvalue weighted by Crippen LogP contribution is 2.32. The van der Waals surface area contributed by atoms with E-state index in [9.17, 15) is 10.1 Å². The van der Waals surface area contributed by atoms with Crippen molar-refractivity contribution >= 4 is 22.8 Å². The molecule has 35 heavy (non-hydrogen) atoms. The molecule has 0 N–H and O–H groups in total. The molecule has 1 saturated heterocycles. The Morgan fingerprint density at radius 2 is 1.54 bits per heavy atom. The highest BCUT2D eigenvalue weighted by molar-refractivity contribution is 5.92. The molecule has 0 aliphatic carbocycles. The van der Waals surface area contributed by atoms with Crippen LogP contribution in [0.4, 0.5) is 5.69 Å². The van der Waals surface area contributed by atoms with E-state index in [1.807, 2.05) is 24.3 Å². The van der Waals surface area contributed by atoms with Gasteiger partial charge < -0.3 is 9.47 Å². The topological polar surface area (TPSA) is 65.2 Å². The first kappa shape index (κ1) is 22.6. The van der Waals surface area contributed by atoms with E-state index < -0.39 is 0 Å². The number of anilines is 1. The van der Waals surface area contributed by atoms with E-state index in [-0.39, 0.29) is 17.2 Å². The Labute approximate surface area is 205 Å². The Hall–Kier alpha value is -4.21. The van der Waals surface area contributed by atoms with Crippen LogP contribution in [-0.4, -0.2) is 40.6 Å². The van der Waals surface area contributed by atoms with Crippen molar-refractivity contribution in [2.24, 2.45) is 7.05 Å². The van der Waals surface area contributed by atoms with Crippen LogP contribution in [0.15, 0.2) is 84.2 Å². The summed E-state index contributed by atoms with van der Waals surface area (Å²) in [6.07, 6.45) is 1.68. The van der Waals surface area contributed by atoms with Crippen LogP contribution < -0.4 is 10.5 Å². The normalized spacial score (nSPS) is 14.3. The molecule has 0 radical (unpaired) electrons. The predicted molar refractivity (Wildman–Crippen MR) is 140 cm³/mol. The standard InChI is InChI=1S/C29H27N5O/c1-3-23-14-15-25-26(31-23)28(24(20-30)29(35)32(25)2)34-18-16-33(17-19-34)27(21-10-6-4-7-11-21)22-12-8-5-9-13-22/h3-15,27H,1,16-19H2,2H3. The fourth-order valence-electron chi connectivity index (χ4n) is 5.02. The molecule has 1 aliphatic rings. The number of hydrogen-bond donors (Lipinski definition) is 0. The summed E-state index contributed by atoms with van der Waals surface area (Å²) in [6, 6.07) is 27.1. The van der Waals surface area contributed by atoms with Gasteiger partial charge in [-0.2, -0.15) is 5.26 Å². The van der Waals surface area contributed by atoms with E-state index >= 15 is 0 Å². The summed E-state index contributed by atoms with van der Waals surface area (Å²) in [5.41, 5.74) is 5.07. The zero-order chi connectivity index (χ0) is 24.4. The van der Waals surface area contributed by atoms with Crippen LogP contribution in [-0.2, 0) is 7.05 Å². The smallest absolute Gasteiger partial charge is 0.270 e. The molecule has 1 aliphatic heterocycles. The van der Waals surface area contributed by atoms with E-state index in [1.165, 1.54) is 15.7 Å². The molecule has 0 bridgehead atoms. The lowest BCUT2D eigenvalue weighted by atomic mass is 9.96. The average molecular weight is 462 g/mol. The number of aryl methyl sites for hydroxylation is 1. The Bertz CT molecular complexity index is 1420. The van der Waals surface area contributed by atoms with Gasteiger partial charge >= 0.3 is 0 Å². The summed E-state index contributed by atoms with van der Waals surface area (Å²) in [7, 11) is 1.69. The molecule has 0 unspecified atom stereocenters. The molecule has 0 spiro atoms. The minimum atomic E-state index is -0.294. The number of aromatic nitrogens is 2. The summed E-state index contributed by atoms with van der Waals surface area (Å²) >= 11 is 0. The maximum Gasteiger partial charge on any atom is 0.270 e. The zero-order valence-corrected chi connectivity index (χ0v) is 19.8. The van der Waals surface area contributed by atoms with Gasteiger partial charge in [0.05, 0.1) is 22.9 Å². The zero-order valence-electron chi connectivity index (χ0n) is 19.8. The fourth-order valence-corrected chi connectivity index (χ4v) is 5.02. The van der Waals surface area contributed by atoms with Gasteiger partial charge in [-0.1, -0.05) is 67.2 Å². The Morgan fingerprint density at radius 1 is 0.943 bits per heavy atom. The summed E-state index contributed by atoms with van der Waals surface area (Å²) in [6.45, 7) is 6.79. The van der Waals surface area contributed by atoms with Crippen molar-refractivity contribution < 1.29 is 0 Å². The van der Waals surface area contributed by atoms with Crippen LogP contribution in [0.1, 0.15) is 28.4 Å². The second-order valence-corrected chi connectivity index (χ2v) is 8.75. The highest BCUT2D eigenvalue weighted by Gasteiger charge is 2.29. The van der Waals surface area contributed by atoms with Crippen molar-refractivity contribution in [3.63, 3.8) is 0 Å². The van der Waals surface area contributed by atoms with Gasteiger partial charge in [-0.05, 0) is 29.3 Å². The first-order valence-electron chi connectivity index (χ1n) is 11.8. The molecule has 1 fully saturated rings. The van der Waals surface area contributed by atoms with E-state index in [0.717, 1.165) is 13.1 Å². The summed E-state index contributed by atoms with van der Waals surface area (Å²) in [5, 5.41) is 9.93. The Kier molecular flexibility index (Phi) is 6.17. The number of nitriles is 1. The molecule has 2 aromatic carbocycles. The van der Waals surface area contributed by atoms with E-state index in [1.54, 1.807) is 13.1 Å². The van der Waals surface area contributed by atoms with Gasteiger partial charge in [-0.3, -0.25) is 9.69 Å². The molecule has 0 amide bonds. The third kappa shape index (κ3) is 4.11. The highest BCUT2D eigenvalue weighted by atomic mass is 16.1. The number of piperazine rings is 1. The van der Waals surface area contributed by atoms with Crippen LogP contribution >= 0.6 is 0 Å². The van der Waals surface area contributed by atoms with Crippen LogP contribution in [0.3, 0.4) is 0 Å². The quantitative estimate of drug-likeness (QED) is 0.442. The average Bonchev–Trinajstić information content (AvgIpc) is 2.92. The minimum absolute atomic E-state index is 0.140. The largest absolute Gasteiger partial charge is 0.366 e. The molecular formula is C29H27N5O. The summed E-state index contributed by atoms with van der Waals surface area (Å²) in [5.74, 6) is 0. The molecule has 2 aromatic heterocycles. The van der Waals surface area contributed by atoms with E-state index in [4.69, 9.17) is 4.98 Å². The molecule has 0 atom stereocenters. The maximum absolute atomic E-state index is 13.0. The maximum atomic E-state index is 13.0. The minimum Gasteiger partial charge on any atom is -0.366 e. The lowest BCUT2D eigenvalue weighted by molar-refractivity contribution is 0.212.